The van der Waals surface area contributed by atoms with Crippen molar-refractivity contribution in [1.29, 1.82) is 0 Å². The molecule has 0 unspecified atom stereocenters. The molecule has 4 rings (SSSR count). The van der Waals surface area contributed by atoms with Crippen LogP contribution >= 0.6 is 0 Å². The van der Waals surface area contributed by atoms with Gasteiger partial charge in [0.15, 0.2) is 0 Å². The number of rotatable bonds is 1. The lowest BCUT2D eigenvalue weighted by Gasteiger charge is -2.08. The van der Waals surface area contributed by atoms with Gasteiger partial charge in [0.1, 0.15) is 0 Å². The fourth-order valence-electron chi connectivity index (χ4n) is 3.00. The normalized spacial score (nSPS) is 15.6. The van der Waals surface area contributed by atoms with E-state index >= 15 is 0 Å². The van der Waals surface area contributed by atoms with Crippen LogP contribution in [-0.2, 0) is 4.79 Å². The Hall–Kier alpha value is -2.87. The molecule has 22 heavy (non-hydrogen) atoms. The lowest BCUT2D eigenvalue weighted by molar-refractivity contribution is -0.112. The molecular formula is C20H15NO. The standard InChI is InChI=1S/C20H15NO/c1-21-19-9-5-4-8-17(19)18(20(21)22)13-14-10-11-15-6-2-3-7-16(15)12-14/h2-13H,1H3/b18-13+. The summed E-state index contributed by atoms with van der Waals surface area (Å²) in [5.74, 6) is 0.0503. The van der Waals surface area contributed by atoms with Crippen LogP contribution in [0.15, 0.2) is 66.7 Å². The van der Waals surface area contributed by atoms with E-state index in [9.17, 15) is 4.79 Å². The van der Waals surface area contributed by atoms with Crippen molar-refractivity contribution in [3.63, 3.8) is 0 Å². The van der Waals surface area contributed by atoms with Gasteiger partial charge in [0.2, 0.25) is 0 Å². The first-order chi connectivity index (χ1) is 10.7. The lowest BCUT2D eigenvalue weighted by atomic mass is 10.0. The molecule has 106 valence electrons. The highest BCUT2D eigenvalue weighted by molar-refractivity contribution is 6.35. The first-order valence-electron chi connectivity index (χ1n) is 7.32. The van der Waals surface area contributed by atoms with E-state index in [0.717, 1.165) is 22.4 Å². The first-order valence-corrected chi connectivity index (χ1v) is 7.32. The summed E-state index contributed by atoms with van der Waals surface area (Å²) in [7, 11) is 1.82. The van der Waals surface area contributed by atoms with Crippen LogP contribution in [0.1, 0.15) is 11.1 Å². The van der Waals surface area contributed by atoms with Crippen molar-refractivity contribution in [2.75, 3.05) is 11.9 Å². The summed E-state index contributed by atoms with van der Waals surface area (Å²) in [5.41, 5.74) is 3.78. The maximum absolute atomic E-state index is 12.5. The second kappa shape index (κ2) is 4.85. The summed E-state index contributed by atoms with van der Waals surface area (Å²) in [6.45, 7) is 0. The van der Waals surface area contributed by atoms with Crippen molar-refractivity contribution in [2.45, 2.75) is 0 Å². The van der Waals surface area contributed by atoms with Crippen LogP contribution in [-0.4, -0.2) is 13.0 Å². The summed E-state index contributed by atoms with van der Waals surface area (Å²) in [4.78, 5) is 14.2. The summed E-state index contributed by atoms with van der Waals surface area (Å²) >= 11 is 0. The molecule has 0 bridgehead atoms. The number of likely N-dealkylation sites (N-methyl/N-ethyl adjacent to an activating group) is 1. The van der Waals surface area contributed by atoms with E-state index in [4.69, 9.17) is 0 Å². The van der Waals surface area contributed by atoms with Gasteiger partial charge in [-0.25, -0.2) is 0 Å². The molecular weight excluding hydrogens is 270 g/mol. The summed E-state index contributed by atoms with van der Waals surface area (Å²) in [5, 5.41) is 2.39. The molecule has 3 aromatic carbocycles. The minimum absolute atomic E-state index is 0.0503. The van der Waals surface area contributed by atoms with Gasteiger partial charge in [-0.3, -0.25) is 4.79 Å². The lowest BCUT2D eigenvalue weighted by Crippen LogP contribution is -2.20. The molecule has 0 saturated carbocycles. The number of carbonyl (C=O) groups excluding carboxylic acids is 1. The third kappa shape index (κ3) is 1.92. The largest absolute Gasteiger partial charge is 0.311 e. The highest BCUT2D eigenvalue weighted by Gasteiger charge is 2.28. The minimum Gasteiger partial charge on any atom is -0.311 e. The van der Waals surface area contributed by atoms with Gasteiger partial charge < -0.3 is 4.90 Å². The molecule has 1 aliphatic rings. The van der Waals surface area contributed by atoms with Gasteiger partial charge in [0.05, 0.1) is 5.69 Å². The van der Waals surface area contributed by atoms with Gasteiger partial charge in [-0.15, -0.1) is 0 Å². The van der Waals surface area contributed by atoms with E-state index < -0.39 is 0 Å². The third-order valence-electron chi connectivity index (χ3n) is 4.18. The van der Waals surface area contributed by atoms with Crippen LogP contribution in [0, 0.1) is 0 Å². The molecule has 2 heteroatoms. The predicted molar refractivity (Wildman–Crippen MR) is 91.7 cm³/mol. The number of fused-ring (bicyclic) bond motifs is 2. The second-order valence-electron chi connectivity index (χ2n) is 5.55. The molecule has 0 aliphatic carbocycles. The number of benzene rings is 3. The van der Waals surface area contributed by atoms with Crippen molar-refractivity contribution in [3.05, 3.63) is 77.9 Å². The average molecular weight is 285 g/mol. The molecule has 1 heterocycles. The van der Waals surface area contributed by atoms with Crippen LogP contribution in [0.2, 0.25) is 0 Å². The van der Waals surface area contributed by atoms with E-state index in [1.807, 2.05) is 49.5 Å². The van der Waals surface area contributed by atoms with Crippen molar-refractivity contribution in [2.24, 2.45) is 0 Å². The van der Waals surface area contributed by atoms with E-state index in [1.54, 1.807) is 4.90 Å². The molecule has 1 amide bonds. The molecule has 2 nitrogen and oxygen atoms in total. The van der Waals surface area contributed by atoms with Crippen LogP contribution < -0.4 is 4.90 Å². The van der Waals surface area contributed by atoms with Gasteiger partial charge in [-0.05, 0) is 34.5 Å². The van der Waals surface area contributed by atoms with Crippen molar-refractivity contribution in [3.8, 4) is 0 Å². The quantitative estimate of drug-likeness (QED) is 0.608. The predicted octanol–water partition coefficient (Wildman–Crippen LogP) is 4.36. The molecule has 0 aromatic heterocycles. The van der Waals surface area contributed by atoms with Crippen LogP contribution in [0.4, 0.5) is 5.69 Å². The van der Waals surface area contributed by atoms with Gasteiger partial charge in [-0.2, -0.15) is 0 Å². The average Bonchev–Trinajstić information content (AvgIpc) is 2.80. The SMILES string of the molecule is CN1C(=O)/C(=C/c2ccc3ccccc3c2)c2ccccc21. The number of anilines is 1. The van der Waals surface area contributed by atoms with Crippen molar-refractivity contribution >= 4 is 34.0 Å². The second-order valence-corrected chi connectivity index (χ2v) is 5.55. The number of para-hydroxylation sites is 1. The van der Waals surface area contributed by atoms with Gasteiger partial charge >= 0.3 is 0 Å². The fraction of sp³-hybridized carbons (Fsp3) is 0.0500. The Labute approximate surface area is 129 Å². The molecule has 0 fully saturated rings. The van der Waals surface area contributed by atoms with Crippen LogP contribution in [0.25, 0.3) is 22.4 Å². The van der Waals surface area contributed by atoms with E-state index in [-0.39, 0.29) is 5.91 Å². The molecule has 0 N–H and O–H groups in total. The number of hydrogen-bond acceptors (Lipinski definition) is 1. The van der Waals surface area contributed by atoms with Crippen molar-refractivity contribution < 1.29 is 4.79 Å². The minimum atomic E-state index is 0.0503. The van der Waals surface area contributed by atoms with Crippen LogP contribution in [0.5, 0.6) is 0 Å². The smallest absolute Gasteiger partial charge is 0.258 e. The fourth-order valence-corrected chi connectivity index (χ4v) is 3.00. The Morgan fingerprint density at radius 2 is 1.59 bits per heavy atom. The van der Waals surface area contributed by atoms with Crippen LogP contribution in [0.3, 0.4) is 0 Å². The Bertz CT molecular complexity index is 924. The molecule has 0 spiro atoms. The molecule has 1 aliphatic heterocycles. The van der Waals surface area contributed by atoms with Gasteiger partial charge in [0.25, 0.3) is 5.91 Å². The number of carbonyl (C=O) groups is 1. The topological polar surface area (TPSA) is 20.3 Å². The summed E-state index contributed by atoms with van der Waals surface area (Å²) < 4.78 is 0. The Morgan fingerprint density at radius 3 is 2.45 bits per heavy atom. The summed E-state index contributed by atoms with van der Waals surface area (Å²) in [6.07, 6.45) is 1.98. The monoisotopic (exact) mass is 285 g/mol. The highest BCUT2D eigenvalue weighted by atomic mass is 16.2. The van der Waals surface area contributed by atoms with Crippen molar-refractivity contribution in [1.82, 2.24) is 0 Å². The van der Waals surface area contributed by atoms with Gasteiger partial charge in [-0.1, -0.05) is 54.6 Å². The molecule has 3 aromatic rings. The number of amides is 1. The molecule has 0 atom stereocenters. The Balaban J connectivity index is 1.86. The Kier molecular flexibility index (Phi) is 2.83. The molecule has 0 saturated heterocycles. The zero-order valence-corrected chi connectivity index (χ0v) is 12.3. The third-order valence-corrected chi connectivity index (χ3v) is 4.18. The van der Waals surface area contributed by atoms with E-state index in [1.165, 1.54) is 10.8 Å². The number of hydrogen-bond donors (Lipinski definition) is 0. The maximum atomic E-state index is 12.5. The zero-order chi connectivity index (χ0) is 15.1. The van der Waals surface area contributed by atoms with Gasteiger partial charge in [0, 0.05) is 18.2 Å². The van der Waals surface area contributed by atoms with E-state index in [2.05, 4.69) is 30.3 Å². The zero-order valence-electron chi connectivity index (χ0n) is 12.3. The first kappa shape index (κ1) is 12.8. The number of nitrogens with zero attached hydrogens (tertiary/aromatic N) is 1. The molecule has 0 radical (unpaired) electrons. The highest BCUT2D eigenvalue weighted by Crippen LogP contribution is 2.36. The summed E-state index contributed by atoms with van der Waals surface area (Å²) in [6, 6.07) is 22.4. The van der Waals surface area contributed by atoms with E-state index in [0.29, 0.717) is 0 Å². The maximum Gasteiger partial charge on any atom is 0.258 e. The Morgan fingerprint density at radius 1 is 0.864 bits per heavy atom.